The topological polar surface area (TPSA) is 124 Å². The molecule has 2 aliphatic heterocycles. The van der Waals surface area contributed by atoms with Crippen molar-refractivity contribution >= 4 is 11.8 Å². The van der Waals surface area contributed by atoms with Gasteiger partial charge in [-0.3, -0.25) is 9.59 Å². The molecule has 0 aromatic heterocycles. The zero-order valence-corrected chi connectivity index (χ0v) is 11.3. The summed E-state index contributed by atoms with van der Waals surface area (Å²) in [7, 11) is 0. The Bertz CT molecular complexity index is 578. The SMILES string of the molecule is O=NN1NC(=O)C[C@@H]1c1ccc([C@@H]2CC(=O)NN2N=O)cc1. The summed E-state index contributed by atoms with van der Waals surface area (Å²) in [5.41, 5.74) is 6.13. The normalized spacial score (nSPS) is 24.2. The second kappa shape index (κ2) is 5.39. The first-order valence-corrected chi connectivity index (χ1v) is 6.56. The average Bonchev–Trinajstić information content (AvgIpc) is 3.09. The van der Waals surface area contributed by atoms with Crippen LogP contribution in [-0.4, -0.2) is 22.1 Å². The van der Waals surface area contributed by atoms with E-state index in [1.165, 1.54) is 0 Å². The average molecular weight is 304 g/mol. The van der Waals surface area contributed by atoms with E-state index in [0.717, 1.165) is 21.4 Å². The number of nitroso groups, excluding NO2 is 2. The number of carbonyl (C=O) groups excluding carboxylic acids is 2. The first-order valence-electron chi connectivity index (χ1n) is 6.56. The fourth-order valence-corrected chi connectivity index (χ4v) is 2.64. The van der Waals surface area contributed by atoms with Crippen LogP contribution < -0.4 is 10.9 Å². The maximum absolute atomic E-state index is 11.3. The lowest BCUT2D eigenvalue weighted by Gasteiger charge is -2.19. The molecule has 2 aliphatic rings. The fourth-order valence-electron chi connectivity index (χ4n) is 2.64. The number of benzene rings is 1. The highest BCUT2D eigenvalue weighted by atomic mass is 16.3. The number of hydrogen-bond acceptors (Lipinski definition) is 6. The van der Waals surface area contributed by atoms with Gasteiger partial charge in [-0.05, 0) is 11.1 Å². The van der Waals surface area contributed by atoms with Gasteiger partial charge in [0.25, 0.3) is 0 Å². The fraction of sp³-hybridized carbons (Fsp3) is 0.333. The zero-order chi connectivity index (χ0) is 15.7. The summed E-state index contributed by atoms with van der Waals surface area (Å²) in [6.07, 6.45) is 0.271. The molecule has 2 atom stereocenters. The summed E-state index contributed by atoms with van der Waals surface area (Å²) in [5.74, 6) is -0.564. The molecule has 0 spiro atoms. The Kier molecular flexibility index (Phi) is 3.41. The Morgan fingerprint density at radius 1 is 0.818 bits per heavy atom. The summed E-state index contributed by atoms with van der Waals surface area (Å²) in [5, 5.41) is 7.47. The van der Waals surface area contributed by atoms with Crippen molar-refractivity contribution in [3.8, 4) is 0 Å². The smallest absolute Gasteiger partial charge is 0.242 e. The summed E-state index contributed by atoms with van der Waals surface area (Å²) in [6.45, 7) is 0. The largest absolute Gasteiger partial charge is 0.273 e. The van der Waals surface area contributed by atoms with E-state index in [2.05, 4.69) is 21.4 Å². The second-order valence-corrected chi connectivity index (χ2v) is 5.03. The highest BCUT2D eigenvalue weighted by Gasteiger charge is 2.34. The molecule has 22 heavy (non-hydrogen) atoms. The van der Waals surface area contributed by atoms with Crippen LogP contribution in [0, 0.1) is 9.81 Å². The van der Waals surface area contributed by atoms with Gasteiger partial charge in [0.15, 0.2) is 0 Å². The van der Waals surface area contributed by atoms with E-state index in [-0.39, 0.29) is 24.7 Å². The predicted molar refractivity (Wildman–Crippen MR) is 72.7 cm³/mol. The van der Waals surface area contributed by atoms with Gasteiger partial charge < -0.3 is 0 Å². The number of hydrazine groups is 2. The van der Waals surface area contributed by atoms with Crippen LogP contribution in [0.15, 0.2) is 34.8 Å². The number of carbonyl (C=O) groups is 2. The first-order chi connectivity index (χ1) is 10.6. The molecule has 1 aromatic rings. The van der Waals surface area contributed by atoms with Gasteiger partial charge in [0.1, 0.15) is 12.1 Å². The quantitative estimate of drug-likeness (QED) is 0.785. The van der Waals surface area contributed by atoms with Gasteiger partial charge in [0.2, 0.25) is 11.8 Å². The molecule has 3 rings (SSSR count). The van der Waals surface area contributed by atoms with Crippen LogP contribution in [0.5, 0.6) is 0 Å². The molecule has 10 heteroatoms. The molecule has 2 saturated heterocycles. The molecule has 0 saturated carbocycles. The Labute approximate surface area is 124 Å². The standard InChI is InChI=1S/C12H12N6O4/c19-11-5-9(17(13-11)15-21)7-1-2-8(4-3-7)10-6-12(20)14-18(10)16-22/h1-4,9-10H,5-6H2,(H,13,19)(H,14,20)/t9-,10+. The lowest BCUT2D eigenvalue weighted by Crippen LogP contribution is -2.29. The minimum absolute atomic E-state index is 0.135. The van der Waals surface area contributed by atoms with Crippen molar-refractivity contribution in [1.29, 1.82) is 0 Å². The lowest BCUT2D eigenvalue weighted by molar-refractivity contribution is -0.121. The Balaban J connectivity index is 1.81. The summed E-state index contributed by atoms with van der Waals surface area (Å²) < 4.78 is 0. The summed E-state index contributed by atoms with van der Waals surface area (Å²) in [6, 6.07) is 5.97. The van der Waals surface area contributed by atoms with E-state index in [1.807, 2.05) is 0 Å². The van der Waals surface area contributed by atoms with Crippen molar-refractivity contribution in [3.05, 3.63) is 45.2 Å². The van der Waals surface area contributed by atoms with Crippen LogP contribution >= 0.6 is 0 Å². The molecule has 2 N–H and O–H groups in total. The molecule has 114 valence electrons. The van der Waals surface area contributed by atoms with E-state index in [9.17, 15) is 19.4 Å². The zero-order valence-electron chi connectivity index (χ0n) is 11.3. The summed E-state index contributed by atoms with van der Waals surface area (Å²) >= 11 is 0. The van der Waals surface area contributed by atoms with Crippen molar-refractivity contribution in [1.82, 2.24) is 21.1 Å². The van der Waals surface area contributed by atoms with Crippen molar-refractivity contribution in [2.45, 2.75) is 24.9 Å². The third-order valence-electron chi connectivity index (χ3n) is 3.71. The maximum atomic E-state index is 11.3. The number of hydrogen-bond donors (Lipinski definition) is 2. The van der Waals surface area contributed by atoms with Gasteiger partial charge in [-0.25, -0.2) is 10.9 Å². The van der Waals surface area contributed by atoms with Gasteiger partial charge in [-0.2, -0.15) is 10.2 Å². The molecule has 0 bridgehead atoms. The third-order valence-corrected chi connectivity index (χ3v) is 3.71. The summed E-state index contributed by atoms with van der Waals surface area (Å²) in [4.78, 5) is 44.1. The van der Waals surface area contributed by atoms with Gasteiger partial charge in [-0.1, -0.05) is 24.3 Å². The van der Waals surface area contributed by atoms with Gasteiger partial charge in [-0.15, -0.1) is 9.81 Å². The minimum Gasteiger partial charge on any atom is -0.273 e. The Hall–Kier alpha value is -3.04. The van der Waals surface area contributed by atoms with E-state index in [0.29, 0.717) is 0 Å². The lowest BCUT2D eigenvalue weighted by atomic mass is 9.99. The van der Waals surface area contributed by atoms with Crippen LogP contribution in [-0.2, 0) is 9.59 Å². The number of amides is 2. The Morgan fingerprint density at radius 2 is 1.18 bits per heavy atom. The maximum Gasteiger partial charge on any atom is 0.242 e. The Morgan fingerprint density at radius 3 is 1.50 bits per heavy atom. The van der Waals surface area contributed by atoms with Crippen LogP contribution in [0.3, 0.4) is 0 Å². The number of nitrogens with one attached hydrogen (secondary N) is 2. The molecule has 2 fully saturated rings. The molecule has 0 unspecified atom stereocenters. The number of rotatable bonds is 4. The first kappa shape index (κ1) is 13.9. The van der Waals surface area contributed by atoms with Crippen molar-refractivity contribution in [3.63, 3.8) is 0 Å². The van der Waals surface area contributed by atoms with Crippen LogP contribution in [0.4, 0.5) is 0 Å². The van der Waals surface area contributed by atoms with Crippen molar-refractivity contribution in [2.75, 3.05) is 0 Å². The van der Waals surface area contributed by atoms with E-state index < -0.39 is 12.1 Å². The molecule has 2 amide bonds. The van der Waals surface area contributed by atoms with Crippen LogP contribution in [0.1, 0.15) is 36.1 Å². The second-order valence-electron chi connectivity index (χ2n) is 5.03. The molecular weight excluding hydrogens is 292 g/mol. The monoisotopic (exact) mass is 304 g/mol. The van der Waals surface area contributed by atoms with Gasteiger partial charge in [0, 0.05) is 0 Å². The molecule has 2 heterocycles. The van der Waals surface area contributed by atoms with Crippen LogP contribution in [0.25, 0.3) is 0 Å². The van der Waals surface area contributed by atoms with Crippen molar-refractivity contribution in [2.24, 2.45) is 10.6 Å². The molecule has 1 aromatic carbocycles. The molecule has 0 aliphatic carbocycles. The van der Waals surface area contributed by atoms with Crippen LogP contribution in [0.2, 0.25) is 0 Å². The predicted octanol–water partition coefficient (Wildman–Crippen LogP) is 0.605. The van der Waals surface area contributed by atoms with E-state index >= 15 is 0 Å². The van der Waals surface area contributed by atoms with Gasteiger partial charge in [0.05, 0.1) is 23.4 Å². The van der Waals surface area contributed by atoms with Gasteiger partial charge >= 0.3 is 0 Å². The highest BCUT2D eigenvalue weighted by Crippen LogP contribution is 2.31. The van der Waals surface area contributed by atoms with E-state index in [1.54, 1.807) is 24.3 Å². The van der Waals surface area contributed by atoms with E-state index in [4.69, 9.17) is 0 Å². The molecular formula is C12H12N6O4. The minimum atomic E-state index is -0.470. The third kappa shape index (κ3) is 2.34. The molecule has 0 radical (unpaired) electrons. The van der Waals surface area contributed by atoms with Crippen molar-refractivity contribution < 1.29 is 9.59 Å². The molecule has 10 nitrogen and oxygen atoms in total. The highest BCUT2D eigenvalue weighted by molar-refractivity contribution is 5.79. The number of nitrogens with zero attached hydrogens (tertiary/aromatic N) is 4.